The summed E-state index contributed by atoms with van der Waals surface area (Å²) >= 11 is 0. The van der Waals surface area contributed by atoms with E-state index in [0.717, 1.165) is 0 Å². The summed E-state index contributed by atoms with van der Waals surface area (Å²) in [5, 5.41) is 18.9. The van der Waals surface area contributed by atoms with Crippen molar-refractivity contribution in [1.29, 1.82) is 0 Å². The molecular formula is C12H16O5. The maximum absolute atomic E-state index is 10.9. The highest BCUT2D eigenvalue weighted by Gasteiger charge is 2.39. The standard InChI is InChI=1S/C12H16O5/c1-3-16-10(13)7-5-4-6-9-12(15)11(14)8(2)17-9/h5,7-9,11-12,14-15H,3H2,1-2H3/t8-,9+,11?,12-/m0/s1. The highest BCUT2D eigenvalue weighted by molar-refractivity contribution is 5.82. The Bertz CT molecular complexity index is 352. The number of aliphatic hydroxyl groups excluding tert-OH is 2. The lowest BCUT2D eigenvalue weighted by molar-refractivity contribution is -0.137. The Morgan fingerprint density at radius 2 is 2.18 bits per heavy atom. The quantitative estimate of drug-likeness (QED) is 0.391. The van der Waals surface area contributed by atoms with Crippen molar-refractivity contribution < 1.29 is 24.5 Å². The van der Waals surface area contributed by atoms with Gasteiger partial charge in [0.25, 0.3) is 0 Å². The molecule has 0 amide bonds. The maximum Gasteiger partial charge on any atom is 0.331 e. The molecule has 1 fully saturated rings. The molecule has 1 aliphatic rings. The van der Waals surface area contributed by atoms with Crippen molar-refractivity contribution in [2.75, 3.05) is 6.61 Å². The Hall–Kier alpha value is -1.35. The molecule has 1 aliphatic heterocycles. The van der Waals surface area contributed by atoms with Gasteiger partial charge in [-0.3, -0.25) is 0 Å². The van der Waals surface area contributed by atoms with E-state index in [1.807, 2.05) is 0 Å². The Morgan fingerprint density at radius 3 is 2.71 bits per heavy atom. The number of esters is 1. The predicted octanol–water partition coefficient (Wildman–Crippen LogP) is -0.382. The lowest BCUT2D eigenvalue weighted by atomic mass is 10.1. The number of carbonyl (C=O) groups is 1. The van der Waals surface area contributed by atoms with Crippen LogP contribution in [0.5, 0.6) is 0 Å². The number of aliphatic hydroxyl groups is 2. The van der Waals surface area contributed by atoms with Gasteiger partial charge in [0.2, 0.25) is 0 Å². The monoisotopic (exact) mass is 240 g/mol. The van der Waals surface area contributed by atoms with Gasteiger partial charge in [0.05, 0.1) is 12.7 Å². The van der Waals surface area contributed by atoms with E-state index < -0.39 is 30.4 Å². The minimum absolute atomic E-state index is 0.310. The molecule has 0 radical (unpaired) electrons. The van der Waals surface area contributed by atoms with Gasteiger partial charge in [0, 0.05) is 6.08 Å². The van der Waals surface area contributed by atoms with Gasteiger partial charge in [0.1, 0.15) is 18.3 Å². The molecule has 1 rings (SSSR count). The van der Waals surface area contributed by atoms with Crippen LogP contribution in [0.2, 0.25) is 0 Å². The third-order valence-electron chi connectivity index (χ3n) is 2.32. The molecule has 94 valence electrons. The van der Waals surface area contributed by atoms with Gasteiger partial charge < -0.3 is 19.7 Å². The summed E-state index contributed by atoms with van der Waals surface area (Å²) in [5.74, 6) is 4.70. The SMILES string of the molecule is CCOC(=O)C=CC#C[C@H]1O[C@@H](C)C(O)[C@H]1O. The summed E-state index contributed by atoms with van der Waals surface area (Å²) in [4.78, 5) is 10.9. The molecule has 0 aromatic carbocycles. The second kappa shape index (κ2) is 6.40. The van der Waals surface area contributed by atoms with Crippen LogP contribution >= 0.6 is 0 Å². The second-order valence-electron chi connectivity index (χ2n) is 3.62. The Kier molecular flexibility index (Phi) is 5.16. The van der Waals surface area contributed by atoms with Crippen LogP contribution in [0.25, 0.3) is 0 Å². The molecule has 0 spiro atoms. The fourth-order valence-electron chi connectivity index (χ4n) is 1.40. The summed E-state index contributed by atoms with van der Waals surface area (Å²) in [6.45, 7) is 3.68. The van der Waals surface area contributed by atoms with Crippen molar-refractivity contribution in [2.24, 2.45) is 0 Å². The second-order valence-corrected chi connectivity index (χ2v) is 3.62. The van der Waals surface area contributed by atoms with E-state index in [4.69, 9.17) is 4.74 Å². The first-order chi connectivity index (χ1) is 8.06. The fourth-order valence-corrected chi connectivity index (χ4v) is 1.40. The van der Waals surface area contributed by atoms with Crippen LogP contribution in [0.1, 0.15) is 13.8 Å². The van der Waals surface area contributed by atoms with E-state index in [1.54, 1.807) is 13.8 Å². The first-order valence-corrected chi connectivity index (χ1v) is 5.42. The zero-order valence-corrected chi connectivity index (χ0v) is 9.79. The molecule has 1 heterocycles. The van der Waals surface area contributed by atoms with Crippen molar-refractivity contribution in [3.8, 4) is 11.8 Å². The molecule has 4 atom stereocenters. The van der Waals surface area contributed by atoms with E-state index in [9.17, 15) is 15.0 Å². The normalized spacial score (nSPS) is 32.2. The van der Waals surface area contributed by atoms with Gasteiger partial charge in [-0.2, -0.15) is 0 Å². The first-order valence-electron chi connectivity index (χ1n) is 5.42. The van der Waals surface area contributed by atoms with E-state index >= 15 is 0 Å². The molecular weight excluding hydrogens is 224 g/mol. The van der Waals surface area contributed by atoms with Crippen LogP contribution in [0.4, 0.5) is 0 Å². The van der Waals surface area contributed by atoms with Crippen LogP contribution in [0.15, 0.2) is 12.2 Å². The van der Waals surface area contributed by atoms with E-state index in [1.165, 1.54) is 12.2 Å². The maximum atomic E-state index is 10.9. The topological polar surface area (TPSA) is 76.0 Å². The lowest BCUT2D eigenvalue weighted by Gasteiger charge is -2.08. The molecule has 17 heavy (non-hydrogen) atoms. The number of rotatable bonds is 2. The number of carbonyl (C=O) groups excluding carboxylic acids is 1. The van der Waals surface area contributed by atoms with Gasteiger partial charge in [-0.15, -0.1) is 0 Å². The molecule has 5 nitrogen and oxygen atoms in total. The minimum atomic E-state index is -1.02. The molecule has 0 aromatic rings. The Labute approximate surface area is 100 Å². The summed E-state index contributed by atoms with van der Waals surface area (Å²) in [7, 11) is 0. The van der Waals surface area contributed by atoms with Gasteiger partial charge in [-0.1, -0.05) is 11.8 Å². The van der Waals surface area contributed by atoms with Gasteiger partial charge >= 0.3 is 5.97 Å². The lowest BCUT2D eigenvalue weighted by Crippen LogP contribution is -2.30. The molecule has 1 unspecified atom stereocenters. The summed E-state index contributed by atoms with van der Waals surface area (Å²) in [6, 6.07) is 0. The molecule has 0 aliphatic carbocycles. The van der Waals surface area contributed by atoms with Crippen molar-refractivity contribution in [3.63, 3.8) is 0 Å². The smallest absolute Gasteiger partial charge is 0.331 e. The average molecular weight is 240 g/mol. The number of hydrogen-bond acceptors (Lipinski definition) is 5. The predicted molar refractivity (Wildman–Crippen MR) is 59.9 cm³/mol. The summed E-state index contributed by atoms with van der Waals surface area (Å²) in [6.07, 6.45) is -0.608. The number of hydrogen-bond donors (Lipinski definition) is 2. The third-order valence-corrected chi connectivity index (χ3v) is 2.32. The fraction of sp³-hybridized carbons (Fsp3) is 0.583. The highest BCUT2D eigenvalue weighted by atomic mass is 16.5. The van der Waals surface area contributed by atoms with Gasteiger partial charge in [0.15, 0.2) is 0 Å². The van der Waals surface area contributed by atoms with Crippen LogP contribution in [0, 0.1) is 11.8 Å². The molecule has 0 aromatic heterocycles. The number of allylic oxidation sites excluding steroid dienone is 1. The van der Waals surface area contributed by atoms with Crippen LogP contribution in [-0.2, 0) is 14.3 Å². The minimum Gasteiger partial charge on any atom is -0.463 e. The summed E-state index contributed by atoms with van der Waals surface area (Å²) < 4.78 is 9.87. The van der Waals surface area contributed by atoms with Crippen LogP contribution in [0.3, 0.4) is 0 Å². The van der Waals surface area contributed by atoms with E-state index in [2.05, 4.69) is 16.6 Å². The Morgan fingerprint density at radius 1 is 1.47 bits per heavy atom. The van der Waals surface area contributed by atoms with Gasteiger partial charge in [-0.25, -0.2) is 4.79 Å². The zero-order chi connectivity index (χ0) is 12.8. The molecule has 5 heteroatoms. The highest BCUT2D eigenvalue weighted by Crippen LogP contribution is 2.19. The van der Waals surface area contributed by atoms with Crippen molar-refractivity contribution >= 4 is 5.97 Å². The van der Waals surface area contributed by atoms with Gasteiger partial charge in [-0.05, 0) is 19.9 Å². The van der Waals surface area contributed by atoms with E-state index in [-0.39, 0.29) is 0 Å². The molecule has 0 bridgehead atoms. The third kappa shape index (κ3) is 3.86. The first kappa shape index (κ1) is 13.7. The molecule has 1 saturated heterocycles. The Balaban J connectivity index is 2.48. The zero-order valence-electron chi connectivity index (χ0n) is 9.79. The number of ether oxygens (including phenoxy) is 2. The van der Waals surface area contributed by atoms with Crippen molar-refractivity contribution in [1.82, 2.24) is 0 Å². The van der Waals surface area contributed by atoms with Crippen LogP contribution in [-0.4, -0.2) is 47.2 Å². The largest absolute Gasteiger partial charge is 0.463 e. The van der Waals surface area contributed by atoms with Crippen LogP contribution < -0.4 is 0 Å². The van der Waals surface area contributed by atoms with Crippen molar-refractivity contribution in [3.05, 3.63) is 12.2 Å². The molecule has 0 saturated carbocycles. The van der Waals surface area contributed by atoms with Crippen molar-refractivity contribution in [2.45, 2.75) is 38.3 Å². The van der Waals surface area contributed by atoms with E-state index in [0.29, 0.717) is 6.61 Å². The average Bonchev–Trinajstić information content (AvgIpc) is 2.53. The summed E-state index contributed by atoms with van der Waals surface area (Å²) in [5.41, 5.74) is 0. The molecule has 2 N–H and O–H groups in total.